The summed E-state index contributed by atoms with van der Waals surface area (Å²) in [4.78, 5) is 27.7. The summed E-state index contributed by atoms with van der Waals surface area (Å²) < 4.78 is 40.7. The van der Waals surface area contributed by atoms with Crippen LogP contribution in [0.4, 0.5) is 4.39 Å². The molecular weight excluding hydrogens is 385 g/mol. The third-order valence-corrected chi connectivity index (χ3v) is 6.94. The summed E-state index contributed by atoms with van der Waals surface area (Å²) in [5, 5.41) is 0. The van der Waals surface area contributed by atoms with Crippen LogP contribution in [0.2, 0.25) is 0 Å². The highest BCUT2D eigenvalue weighted by Gasteiger charge is 2.29. The van der Waals surface area contributed by atoms with Gasteiger partial charge in [0.2, 0.25) is 15.9 Å². The number of rotatable bonds is 6. The molecule has 0 unspecified atom stereocenters. The lowest BCUT2D eigenvalue weighted by Gasteiger charge is -2.35. The number of piperazine rings is 1. The molecule has 1 aliphatic heterocycles. The first-order valence-electron chi connectivity index (χ1n) is 9.51. The number of benzene rings is 1. The first kappa shape index (κ1) is 22.3. The summed E-state index contributed by atoms with van der Waals surface area (Å²) in [5.74, 6) is -1.31. The molecule has 0 aliphatic carbocycles. The average molecular weight is 414 g/mol. The van der Waals surface area contributed by atoms with Gasteiger partial charge in [-0.3, -0.25) is 9.59 Å². The largest absolute Gasteiger partial charge is 0.339 e. The van der Waals surface area contributed by atoms with Crippen molar-refractivity contribution in [1.82, 2.24) is 14.1 Å². The van der Waals surface area contributed by atoms with Gasteiger partial charge in [-0.2, -0.15) is 4.31 Å². The highest BCUT2D eigenvalue weighted by atomic mass is 32.2. The molecule has 0 saturated carbocycles. The second-order valence-corrected chi connectivity index (χ2v) is 8.91. The maximum absolute atomic E-state index is 14.2. The summed E-state index contributed by atoms with van der Waals surface area (Å²) in [5.41, 5.74) is 0.121. The van der Waals surface area contributed by atoms with Crippen molar-refractivity contribution in [2.45, 2.75) is 32.6 Å². The molecule has 0 atom stereocenters. The molecule has 1 heterocycles. The van der Waals surface area contributed by atoms with Crippen molar-refractivity contribution in [2.75, 3.05) is 39.3 Å². The minimum Gasteiger partial charge on any atom is -0.339 e. The molecule has 1 aromatic carbocycles. The first-order chi connectivity index (χ1) is 13.1. The van der Waals surface area contributed by atoms with E-state index < -0.39 is 20.7 Å². The minimum absolute atomic E-state index is 0.0430. The molecular formula is C19H28FN3O4S. The first-order valence-corrected chi connectivity index (χ1v) is 10.9. The molecule has 2 rings (SSSR count). The summed E-state index contributed by atoms with van der Waals surface area (Å²) in [6, 6.07) is 3.42. The van der Waals surface area contributed by atoms with Crippen molar-refractivity contribution in [1.29, 1.82) is 0 Å². The highest BCUT2D eigenvalue weighted by molar-refractivity contribution is 7.89. The standard InChI is InChI=1S/C19H28FN3O4S/c1-5-23(6-2)28(26,27)17-13-15(7-8-16(17)20)19(25)22-11-9-21(10-12-22)18(24)14(3)4/h7-8,13-14H,5-6,9-12H2,1-4H3. The Kier molecular flexibility index (Phi) is 7.16. The summed E-state index contributed by atoms with van der Waals surface area (Å²) in [6.45, 7) is 8.98. The highest BCUT2D eigenvalue weighted by Crippen LogP contribution is 2.22. The smallest absolute Gasteiger partial charge is 0.254 e. The van der Waals surface area contributed by atoms with Gasteiger partial charge in [0, 0.05) is 50.7 Å². The lowest BCUT2D eigenvalue weighted by Crippen LogP contribution is -2.51. The second kappa shape index (κ2) is 9.00. The zero-order valence-electron chi connectivity index (χ0n) is 16.8. The van der Waals surface area contributed by atoms with E-state index in [1.807, 2.05) is 13.8 Å². The lowest BCUT2D eigenvalue weighted by atomic mass is 10.1. The predicted molar refractivity (Wildman–Crippen MR) is 104 cm³/mol. The Morgan fingerprint density at radius 3 is 2.11 bits per heavy atom. The van der Waals surface area contributed by atoms with Crippen LogP contribution in [0.1, 0.15) is 38.1 Å². The number of hydrogen-bond donors (Lipinski definition) is 0. The van der Waals surface area contributed by atoms with E-state index in [0.29, 0.717) is 26.2 Å². The maximum Gasteiger partial charge on any atom is 0.254 e. The molecule has 156 valence electrons. The molecule has 0 radical (unpaired) electrons. The molecule has 0 aromatic heterocycles. The van der Waals surface area contributed by atoms with Gasteiger partial charge in [-0.05, 0) is 18.2 Å². The number of hydrogen-bond acceptors (Lipinski definition) is 4. The van der Waals surface area contributed by atoms with Crippen molar-refractivity contribution in [3.63, 3.8) is 0 Å². The normalized spacial score (nSPS) is 15.4. The van der Waals surface area contributed by atoms with Gasteiger partial charge >= 0.3 is 0 Å². The Balaban J connectivity index is 2.21. The van der Waals surface area contributed by atoms with Crippen LogP contribution in [-0.4, -0.2) is 73.6 Å². The van der Waals surface area contributed by atoms with Crippen molar-refractivity contribution < 1.29 is 22.4 Å². The van der Waals surface area contributed by atoms with E-state index in [4.69, 9.17) is 0 Å². The van der Waals surface area contributed by atoms with Crippen LogP contribution < -0.4 is 0 Å². The zero-order valence-corrected chi connectivity index (χ0v) is 17.6. The van der Waals surface area contributed by atoms with E-state index in [2.05, 4.69) is 0 Å². The predicted octanol–water partition coefficient (Wildman–Crippen LogP) is 1.80. The van der Waals surface area contributed by atoms with Crippen LogP contribution in [0, 0.1) is 11.7 Å². The van der Waals surface area contributed by atoms with Crippen LogP contribution in [-0.2, 0) is 14.8 Å². The molecule has 1 fully saturated rings. The third kappa shape index (κ3) is 4.52. The van der Waals surface area contributed by atoms with Crippen molar-refractivity contribution in [3.05, 3.63) is 29.6 Å². The molecule has 0 spiro atoms. The summed E-state index contributed by atoms with van der Waals surface area (Å²) in [6.07, 6.45) is 0. The van der Waals surface area contributed by atoms with E-state index >= 15 is 0 Å². The number of sulfonamides is 1. The van der Waals surface area contributed by atoms with Gasteiger partial charge in [0.05, 0.1) is 0 Å². The van der Waals surface area contributed by atoms with Crippen molar-refractivity contribution in [2.24, 2.45) is 5.92 Å². The Hall–Kier alpha value is -2.00. The summed E-state index contributed by atoms with van der Waals surface area (Å²) in [7, 11) is -4.01. The zero-order chi connectivity index (χ0) is 21.1. The Labute approximate surface area is 166 Å². The SMILES string of the molecule is CCN(CC)S(=O)(=O)c1cc(C(=O)N2CCN(C(=O)C(C)C)CC2)ccc1F. The van der Waals surface area contributed by atoms with Crippen LogP contribution in [0.25, 0.3) is 0 Å². The number of amides is 2. The topological polar surface area (TPSA) is 78.0 Å². The van der Waals surface area contributed by atoms with Gasteiger partial charge in [-0.15, -0.1) is 0 Å². The van der Waals surface area contributed by atoms with Crippen LogP contribution in [0.5, 0.6) is 0 Å². The Morgan fingerprint density at radius 2 is 1.61 bits per heavy atom. The van der Waals surface area contributed by atoms with Gasteiger partial charge in [0.15, 0.2) is 0 Å². The van der Waals surface area contributed by atoms with Gasteiger partial charge in [-0.1, -0.05) is 27.7 Å². The monoisotopic (exact) mass is 413 g/mol. The van der Waals surface area contributed by atoms with E-state index in [1.54, 1.807) is 23.6 Å². The molecule has 28 heavy (non-hydrogen) atoms. The van der Waals surface area contributed by atoms with E-state index in [0.717, 1.165) is 16.4 Å². The fourth-order valence-corrected chi connectivity index (χ4v) is 4.76. The molecule has 0 N–H and O–H groups in total. The van der Waals surface area contributed by atoms with E-state index in [9.17, 15) is 22.4 Å². The average Bonchev–Trinajstić information content (AvgIpc) is 2.67. The van der Waals surface area contributed by atoms with Gasteiger partial charge in [0.25, 0.3) is 5.91 Å². The van der Waals surface area contributed by atoms with E-state index in [1.165, 1.54) is 6.07 Å². The van der Waals surface area contributed by atoms with Gasteiger partial charge in [0.1, 0.15) is 10.7 Å². The number of halogens is 1. The molecule has 7 nitrogen and oxygen atoms in total. The maximum atomic E-state index is 14.2. The molecule has 1 aliphatic rings. The summed E-state index contributed by atoms with van der Waals surface area (Å²) >= 11 is 0. The number of carbonyl (C=O) groups is 2. The number of nitrogens with zero attached hydrogens (tertiary/aromatic N) is 3. The molecule has 0 bridgehead atoms. The Bertz CT molecular complexity index is 830. The second-order valence-electron chi connectivity index (χ2n) is 7.01. The fraction of sp³-hybridized carbons (Fsp3) is 0.579. The van der Waals surface area contributed by atoms with Crippen molar-refractivity contribution >= 4 is 21.8 Å². The molecule has 9 heteroatoms. The fourth-order valence-electron chi connectivity index (χ4n) is 3.21. The van der Waals surface area contributed by atoms with Crippen LogP contribution >= 0.6 is 0 Å². The van der Waals surface area contributed by atoms with Gasteiger partial charge < -0.3 is 9.80 Å². The van der Waals surface area contributed by atoms with Crippen molar-refractivity contribution in [3.8, 4) is 0 Å². The Morgan fingerprint density at radius 1 is 1.07 bits per heavy atom. The molecule has 1 saturated heterocycles. The van der Waals surface area contributed by atoms with Crippen LogP contribution in [0.3, 0.4) is 0 Å². The number of carbonyl (C=O) groups excluding carboxylic acids is 2. The molecule has 2 amide bonds. The minimum atomic E-state index is -4.01. The lowest BCUT2D eigenvalue weighted by molar-refractivity contribution is -0.135. The van der Waals surface area contributed by atoms with Crippen LogP contribution in [0.15, 0.2) is 23.1 Å². The van der Waals surface area contributed by atoms with E-state index in [-0.39, 0.29) is 36.4 Å². The molecule has 1 aromatic rings. The van der Waals surface area contributed by atoms with Gasteiger partial charge in [-0.25, -0.2) is 12.8 Å². The quantitative estimate of drug-likeness (QED) is 0.712. The third-order valence-electron chi connectivity index (χ3n) is 4.87.